The lowest BCUT2D eigenvalue weighted by Crippen LogP contribution is -2.64. The Morgan fingerprint density at radius 3 is 2.15 bits per heavy atom. The van der Waals surface area contributed by atoms with Crippen LogP contribution in [-0.4, -0.2) is 98.3 Å². The number of carbonyl (C=O) groups is 4. The molecule has 0 saturated carbocycles. The molecular weight excluding hydrogens is 540 g/mol. The first kappa shape index (κ1) is 29.2. The van der Waals surface area contributed by atoms with Crippen molar-refractivity contribution in [3.05, 3.63) is 54.1 Å². The number of likely N-dealkylation sites (N-methyl/N-ethyl adjacent to an activating group) is 1. The number of aliphatic carboxylic acids is 1. The number of aryl methyl sites for hydroxylation is 1. The molecule has 2 aromatic rings. The molecule has 0 aliphatic carbocycles. The Hall–Kier alpha value is -3.81. The number of rotatable bonds is 8. The predicted molar refractivity (Wildman–Crippen MR) is 145 cm³/mol. The van der Waals surface area contributed by atoms with Crippen molar-refractivity contribution in [2.24, 2.45) is 0 Å². The number of carbonyl (C=O) groups excluding carboxylic acids is 3. The number of carboxylic acid groups (broad SMARTS) is 1. The Morgan fingerprint density at radius 2 is 1.62 bits per heavy atom. The zero-order valence-corrected chi connectivity index (χ0v) is 23.3. The van der Waals surface area contributed by atoms with E-state index >= 15 is 0 Å². The molecule has 0 unspecified atom stereocenters. The van der Waals surface area contributed by atoms with Gasteiger partial charge in [-0.15, -0.1) is 0 Å². The minimum absolute atomic E-state index is 0.117. The van der Waals surface area contributed by atoms with Gasteiger partial charge in [-0.25, -0.2) is 22.3 Å². The summed E-state index contributed by atoms with van der Waals surface area (Å²) in [5, 5.41) is 13.0. The number of amides is 1. The maximum atomic E-state index is 14.0. The fraction of sp³-hybridized carbons (Fsp3) is 0.407. The summed E-state index contributed by atoms with van der Waals surface area (Å²) >= 11 is 0. The number of nitrogens with zero attached hydrogens (tertiary/aromatic N) is 3. The maximum Gasteiger partial charge on any atom is 0.415 e. The SMILES string of the molecule is Cc1ccc(S(=O)(=O)N(c2ccc(OC(=O)N3CCN(C)CC3)cc2)[C@@](C)(C(=O)O)C(=O)[C@@H]2CC(=O)CN2)cc1. The highest BCUT2D eigenvalue weighted by Gasteiger charge is 2.55. The van der Waals surface area contributed by atoms with Crippen molar-refractivity contribution < 1.29 is 37.4 Å². The van der Waals surface area contributed by atoms with Crippen LogP contribution in [-0.2, 0) is 24.4 Å². The molecule has 0 spiro atoms. The van der Waals surface area contributed by atoms with Crippen LogP contribution in [0.15, 0.2) is 53.4 Å². The number of sulfonamides is 1. The van der Waals surface area contributed by atoms with Crippen molar-refractivity contribution in [1.29, 1.82) is 0 Å². The molecule has 2 aromatic carbocycles. The van der Waals surface area contributed by atoms with Crippen molar-refractivity contribution in [3.8, 4) is 5.75 Å². The van der Waals surface area contributed by atoms with E-state index in [1.807, 2.05) is 7.05 Å². The Balaban J connectivity index is 1.73. The first-order valence-corrected chi connectivity index (χ1v) is 14.2. The number of hydrogen-bond donors (Lipinski definition) is 2. The highest BCUT2D eigenvalue weighted by molar-refractivity contribution is 7.93. The van der Waals surface area contributed by atoms with Crippen LogP contribution in [0.5, 0.6) is 5.75 Å². The van der Waals surface area contributed by atoms with Gasteiger partial charge in [0.2, 0.25) is 5.54 Å². The van der Waals surface area contributed by atoms with Gasteiger partial charge in [0, 0.05) is 32.6 Å². The molecule has 2 heterocycles. The predicted octanol–water partition coefficient (Wildman–Crippen LogP) is 1.28. The number of carboxylic acids is 1. The molecule has 4 rings (SSSR count). The lowest BCUT2D eigenvalue weighted by Gasteiger charge is -2.38. The fourth-order valence-corrected chi connectivity index (χ4v) is 6.42. The molecule has 2 fully saturated rings. The quantitative estimate of drug-likeness (QED) is 0.442. The summed E-state index contributed by atoms with van der Waals surface area (Å²) < 4.78 is 34.0. The van der Waals surface area contributed by atoms with E-state index in [2.05, 4.69) is 10.2 Å². The summed E-state index contributed by atoms with van der Waals surface area (Å²) in [7, 11) is -2.67. The molecule has 0 bridgehead atoms. The van der Waals surface area contributed by atoms with Crippen LogP contribution in [0.2, 0.25) is 0 Å². The highest BCUT2D eigenvalue weighted by Crippen LogP contribution is 2.35. The molecular formula is C27H32N4O8S. The number of anilines is 1. The third-order valence-corrected chi connectivity index (χ3v) is 9.12. The van der Waals surface area contributed by atoms with Gasteiger partial charge in [0.1, 0.15) is 11.5 Å². The third-order valence-electron chi connectivity index (χ3n) is 7.19. The van der Waals surface area contributed by atoms with Crippen LogP contribution in [0.3, 0.4) is 0 Å². The molecule has 13 heteroatoms. The van der Waals surface area contributed by atoms with Gasteiger partial charge >= 0.3 is 12.1 Å². The van der Waals surface area contributed by atoms with Gasteiger partial charge in [-0.1, -0.05) is 17.7 Å². The van der Waals surface area contributed by atoms with Gasteiger partial charge < -0.3 is 25.0 Å². The Labute approximate surface area is 232 Å². The molecule has 0 aromatic heterocycles. The van der Waals surface area contributed by atoms with Gasteiger partial charge in [0.05, 0.1) is 23.2 Å². The zero-order valence-electron chi connectivity index (χ0n) is 22.5. The number of hydrogen-bond acceptors (Lipinski definition) is 9. The van der Waals surface area contributed by atoms with Crippen molar-refractivity contribution in [2.45, 2.75) is 36.7 Å². The fourth-order valence-electron chi connectivity index (χ4n) is 4.68. The number of nitrogens with one attached hydrogen (secondary N) is 1. The molecule has 2 N–H and O–H groups in total. The second-order valence-electron chi connectivity index (χ2n) is 10.2. The number of benzene rings is 2. The van der Waals surface area contributed by atoms with E-state index in [0.717, 1.165) is 12.5 Å². The van der Waals surface area contributed by atoms with Crippen LogP contribution < -0.4 is 14.4 Å². The largest absolute Gasteiger partial charge is 0.479 e. The number of Topliss-reactive ketones (excluding diaryl/α,β-unsaturated/α-hetero) is 2. The van der Waals surface area contributed by atoms with E-state index in [4.69, 9.17) is 4.74 Å². The minimum atomic E-state index is -4.62. The van der Waals surface area contributed by atoms with Gasteiger partial charge in [-0.3, -0.25) is 9.59 Å². The van der Waals surface area contributed by atoms with E-state index in [9.17, 15) is 32.7 Å². The van der Waals surface area contributed by atoms with Gasteiger partial charge in [-0.2, -0.15) is 0 Å². The monoisotopic (exact) mass is 572 g/mol. The second kappa shape index (κ2) is 11.4. The van der Waals surface area contributed by atoms with E-state index in [-0.39, 0.29) is 35.1 Å². The molecule has 12 nitrogen and oxygen atoms in total. The molecule has 2 aliphatic rings. The van der Waals surface area contributed by atoms with E-state index < -0.39 is 39.4 Å². The van der Waals surface area contributed by atoms with Crippen LogP contribution in [0.1, 0.15) is 18.9 Å². The topological polar surface area (TPSA) is 154 Å². The van der Waals surface area contributed by atoms with Crippen molar-refractivity contribution in [2.75, 3.05) is 44.1 Å². The molecule has 1 amide bonds. The zero-order chi connectivity index (χ0) is 29.2. The Kier molecular flexibility index (Phi) is 8.28. The van der Waals surface area contributed by atoms with Crippen LogP contribution >= 0.6 is 0 Å². The summed E-state index contributed by atoms with van der Waals surface area (Å²) in [6.07, 6.45) is -0.811. The standard InChI is InChI=1S/C27H32N4O8S/c1-18-4-10-22(11-5-18)40(37,38)31(27(2,25(34)35)24(33)23-16-20(32)17-28-23)19-6-8-21(9-7-19)39-26(36)30-14-12-29(3)13-15-30/h4-11,23,28H,12-17H2,1-3H3,(H,34,35)/t23-,27+/m0/s1. The summed E-state index contributed by atoms with van der Waals surface area (Å²) in [6, 6.07) is 9.83. The van der Waals surface area contributed by atoms with Crippen LogP contribution in [0, 0.1) is 6.92 Å². The highest BCUT2D eigenvalue weighted by atomic mass is 32.2. The normalized spacial score (nSPS) is 19.6. The van der Waals surface area contributed by atoms with Crippen molar-refractivity contribution in [3.63, 3.8) is 0 Å². The average molecular weight is 573 g/mol. The van der Waals surface area contributed by atoms with Crippen LogP contribution in [0.4, 0.5) is 10.5 Å². The Morgan fingerprint density at radius 1 is 1.02 bits per heavy atom. The first-order chi connectivity index (χ1) is 18.8. The third kappa shape index (κ3) is 5.71. The minimum Gasteiger partial charge on any atom is -0.479 e. The summed E-state index contributed by atoms with van der Waals surface area (Å²) in [5.74, 6) is -2.86. The van der Waals surface area contributed by atoms with Gasteiger partial charge in [0.25, 0.3) is 10.0 Å². The molecule has 40 heavy (non-hydrogen) atoms. The summed E-state index contributed by atoms with van der Waals surface area (Å²) in [4.78, 5) is 54.2. The first-order valence-electron chi connectivity index (χ1n) is 12.7. The van der Waals surface area contributed by atoms with E-state index in [0.29, 0.717) is 30.5 Å². The smallest absolute Gasteiger partial charge is 0.415 e. The molecule has 2 aliphatic heterocycles. The number of piperazine rings is 1. The number of ether oxygens (including phenoxy) is 1. The Bertz CT molecular complexity index is 1400. The van der Waals surface area contributed by atoms with Crippen molar-refractivity contribution in [1.82, 2.24) is 15.1 Å². The molecule has 2 saturated heterocycles. The molecule has 2 atom stereocenters. The van der Waals surface area contributed by atoms with Gasteiger partial charge in [0.15, 0.2) is 5.78 Å². The molecule has 0 radical (unpaired) electrons. The van der Waals surface area contributed by atoms with Crippen LogP contribution in [0.25, 0.3) is 0 Å². The van der Waals surface area contributed by atoms with Crippen molar-refractivity contribution >= 4 is 39.3 Å². The number of ketones is 2. The van der Waals surface area contributed by atoms with Gasteiger partial charge in [-0.05, 0) is 57.3 Å². The molecule has 214 valence electrons. The lowest BCUT2D eigenvalue weighted by atomic mass is 9.90. The second-order valence-corrected chi connectivity index (χ2v) is 11.9. The maximum absolute atomic E-state index is 14.0. The lowest BCUT2D eigenvalue weighted by molar-refractivity contribution is -0.147. The van der Waals surface area contributed by atoms with E-state index in [1.54, 1.807) is 24.0 Å². The summed E-state index contributed by atoms with van der Waals surface area (Å²) in [6.45, 7) is 5.04. The summed E-state index contributed by atoms with van der Waals surface area (Å²) in [5.41, 5.74) is -1.98. The van der Waals surface area contributed by atoms with E-state index in [1.165, 1.54) is 36.4 Å². The average Bonchev–Trinajstić information content (AvgIpc) is 3.35.